The zero-order valence-corrected chi connectivity index (χ0v) is 35.5. The van der Waals surface area contributed by atoms with Crippen molar-refractivity contribution in [2.75, 3.05) is 13.2 Å². The molecule has 2 heterocycles. The Kier molecular flexibility index (Phi) is 14.5. The topological polar surface area (TPSA) is 18.5 Å². The molecule has 0 saturated carbocycles. The highest BCUT2D eigenvalue weighted by molar-refractivity contribution is 8.23. The number of ether oxygens (including phenoxy) is 2. The van der Waals surface area contributed by atoms with Crippen LogP contribution < -0.4 is 0 Å². The molecule has 0 amide bonds. The minimum absolute atomic E-state index is 0.580. The minimum atomic E-state index is 0.580. The fraction of sp³-hybridized carbons (Fsp3) is 0.364. The molecule has 0 N–H and O–H groups in total. The zero-order chi connectivity index (χ0) is 36.5. The second kappa shape index (κ2) is 19.2. The van der Waals surface area contributed by atoms with E-state index < -0.39 is 0 Å². The van der Waals surface area contributed by atoms with Crippen LogP contribution in [-0.4, -0.2) is 22.0 Å². The van der Waals surface area contributed by atoms with Gasteiger partial charge in [-0.15, -0.1) is 22.7 Å². The van der Waals surface area contributed by atoms with Crippen molar-refractivity contribution in [3.8, 4) is 22.3 Å². The van der Waals surface area contributed by atoms with E-state index >= 15 is 0 Å². The van der Waals surface area contributed by atoms with Gasteiger partial charge in [0.1, 0.15) is 0 Å². The van der Waals surface area contributed by atoms with Gasteiger partial charge in [0, 0.05) is 30.0 Å². The lowest BCUT2D eigenvalue weighted by molar-refractivity contribution is 0.233. The van der Waals surface area contributed by atoms with Crippen molar-refractivity contribution in [3.05, 3.63) is 84.9 Å². The fourth-order valence-electron chi connectivity index (χ4n) is 6.47. The highest BCUT2D eigenvalue weighted by atomic mass is 32.2. The maximum absolute atomic E-state index is 5.97. The van der Waals surface area contributed by atoms with Gasteiger partial charge >= 0.3 is 0 Å². The molecule has 6 aromatic rings. The molecule has 0 saturated heterocycles. The van der Waals surface area contributed by atoms with Crippen LogP contribution in [0.3, 0.4) is 0 Å². The Morgan fingerprint density at radius 3 is 1.31 bits per heavy atom. The van der Waals surface area contributed by atoms with Gasteiger partial charge in [-0.25, -0.2) is 0 Å². The molecule has 0 aliphatic carbocycles. The van der Waals surface area contributed by atoms with Crippen molar-refractivity contribution in [1.82, 2.24) is 0 Å². The van der Waals surface area contributed by atoms with E-state index in [-0.39, 0.29) is 0 Å². The van der Waals surface area contributed by atoms with Gasteiger partial charge in [-0.3, -0.25) is 0 Å². The number of hydrogen-bond donors (Lipinski definition) is 0. The molecule has 8 heteroatoms. The van der Waals surface area contributed by atoms with E-state index in [1.54, 1.807) is 23.5 Å². The number of thiophene rings is 2. The van der Waals surface area contributed by atoms with Gasteiger partial charge in [0.25, 0.3) is 0 Å². The van der Waals surface area contributed by atoms with Gasteiger partial charge in [-0.05, 0) is 131 Å². The third-order valence-electron chi connectivity index (χ3n) is 9.82. The van der Waals surface area contributed by atoms with Crippen LogP contribution in [0.1, 0.15) is 79.1 Å². The normalized spacial score (nSPS) is 12.8. The summed E-state index contributed by atoms with van der Waals surface area (Å²) in [5, 5.41) is 2.67. The molecule has 2 aromatic heterocycles. The van der Waals surface area contributed by atoms with Crippen LogP contribution in [-0.2, 0) is 9.47 Å². The molecule has 0 aliphatic rings. The van der Waals surface area contributed by atoms with Crippen LogP contribution in [0.4, 0.5) is 0 Å². The average molecular weight is 801 g/mol. The van der Waals surface area contributed by atoms with Crippen molar-refractivity contribution < 1.29 is 9.47 Å². The van der Waals surface area contributed by atoms with E-state index in [1.165, 1.54) is 90.4 Å². The van der Waals surface area contributed by atoms with E-state index in [0.717, 1.165) is 22.6 Å². The quantitative estimate of drug-likeness (QED) is 0.0712. The van der Waals surface area contributed by atoms with E-state index in [4.69, 9.17) is 33.9 Å². The predicted molar refractivity (Wildman–Crippen MR) is 241 cm³/mol. The van der Waals surface area contributed by atoms with E-state index in [2.05, 4.69) is 113 Å². The summed E-state index contributed by atoms with van der Waals surface area (Å²) >= 11 is 18.0. The standard InChI is InChI=1S/C44H48O2S6/c1-5-9-11-29(7-3)27-45-43(47)49-35-19-13-31(14-20-35)33-17-23-37-39(25-33)51-42-38-24-18-34(26-40(38)52-41(37)42)32-15-21-36(22-16-32)50-44(48)46-28-30(8-4)12-10-6-2/h13-26,29-30H,5-12,27-28H2,1-4H3. The molecule has 272 valence electrons. The number of thioether (sulfide) groups is 2. The summed E-state index contributed by atoms with van der Waals surface area (Å²) in [5.41, 5.74) is 4.88. The van der Waals surface area contributed by atoms with Crippen LogP contribution in [0.15, 0.2) is 94.7 Å². The lowest BCUT2D eigenvalue weighted by atomic mass is 10.0. The molecule has 0 bridgehead atoms. The number of benzene rings is 4. The minimum Gasteiger partial charge on any atom is -0.478 e. The molecule has 6 rings (SSSR count). The second-order valence-electron chi connectivity index (χ2n) is 13.5. The summed E-state index contributed by atoms with van der Waals surface area (Å²) in [5.74, 6) is 1.16. The van der Waals surface area contributed by atoms with Crippen LogP contribution in [0, 0.1) is 11.8 Å². The van der Waals surface area contributed by atoms with Crippen molar-refractivity contribution in [2.24, 2.45) is 11.8 Å². The van der Waals surface area contributed by atoms with Crippen LogP contribution in [0.5, 0.6) is 0 Å². The number of thiocarbonyl (C=S) groups is 2. The number of rotatable bonds is 16. The Balaban J connectivity index is 1.09. The summed E-state index contributed by atoms with van der Waals surface area (Å²) in [6.45, 7) is 10.4. The van der Waals surface area contributed by atoms with E-state index in [0.29, 0.717) is 33.8 Å². The first-order chi connectivity index (χ1) is 25.4. The van der Waals surface area contributed by atoms with Crippen molar-refractivity contribution in [1.29, 1.82) is 0 Å². The lowest BCUT2D eigenvalue weighted by Gasteiger charge is -2.15. The maximum atomic E-state index is 5.97. The molecular formula is C44H48O2S6. The Labute approximate surface area is 337 Å². The monoisotopic (exact) mass is 800 g/mol. The Hall–Kier alpha value is -2.46. The highest BCUT2D eigenvalue weighted by Gasteiger charge is 2.15. The van der Waals surface area contributed by atoms with E-state index in [1.807, 2.05) is 22.7 Å². The molecule has 0 radical (unpaired) electrons. The van der Waals surface area contributed by atoms with Gasteiger partial charge in [0.2, 0.25) is 8.77 Å². The Morgan fingerprint density at radius 1 is 0.558 bits per heavy atom. The zero-order valence-electron chi connectivity index (χ0n) is 30.6. The first-order valence-corrected chi connectivity index (χ1v) is 22.8. The number of fused-ring (bicyclic) bond motifs is 5. The molecule has 52 heavy (non-hydrogen) atoms. The van der Waals surface area contributed by atoms with Crippen LogP contribution in [0.2, 0.25) is 0 Å². The van der Waals surface area contributed by atoms with Crippen molar-refractivity contribution in [3.63, 3.8) is 0 Å². The molecule has 4 aromatic carbocycles. The SMILES string of the molecule is CCCCC(CC)COC(=S)Sc1ccc(-c2ccc3c(c2)sc2c4ccc(-c5ccc(SC(=S)OCC(CC)CCCC)cc5)cc4sc32)cc1. The molecule has 2 atom stereocenters. The summed E-state index contributed by atoms with van der Waals surface area (Å²) in [7, 11) is 0. The van der Waals surface area contributed by atoms with Gasteiger partial charge < -0.3 is 9.47 Å². The fourth-order valence-corrected chi connectivity index (χ4v) is 11.1. The lowest BCUT2D eigenvalue weighted by Crippen LogP contribution is -2.10. The summed E-state index contributed by atoms with van der Waals surface area (Å²) < 4.78 is 18.6. The molecule has 2 unspecified atom stereocenters. The predicted octanol–water partition coefficient (Wildman–Crippen LogP) is 15.8. The average Bonchev–Trinajstić information content (AvgIpc) is 3.70. The highest BCUT2D eigenvalue weighted by Crippen LogP contribution is 2.46. The molecule has 0 spiro atoms. The third kappa shape index (κ3) is 9.99. The first kappa shape index (κ1) is 39.2. The van der Waals surface area contributed by atoms with Crippen molar-refractivity contribution >= 4 is 109 Å². The van der Waals surface area contributed by atoms with Crippen molar-refractivity contribution in [2.45, 2.75) is 88.9 Å². The van der Waals surface area contributed by atoms with Crippen LogP contribution >= 0.6 is 70.6 Å². The second-order valence-corrected chi connectivity index (χ2v) is 18.9. The van der Waals surface area contributed by atoms with Crippen LogP contribution in [0.25, 0.3) is 51.8 Å². The van der Waals surface area contributed by atoms with Gasteiger partial charge in [0.15, 0.2) is 0 Å². The maximum Gasteiger partial charge on any atom is 0.224 e. The summed E-state index contributed by atoms with van der Waals surface area (Å²) in [6, 6.07) is 31.2. The smallest absolute Gasteiger partial charge is 0.224 e. The molecule has 0 aliphatic heterocycles. The Bertz CT molecular complexity index is 1940. The Morgan fingerprint density at radius 2 is 0.942 bits per heavy atom. The number of unbranched alkanes of at least 4 members (excludes halogenated alkanes) is 2. The van der Waals surface area contributed by atoms with E-state index in [9.17, 15) is 0 Å². The summed E-state index contributed by atoms with van der Waals surface area (Å²) in [6.07, 6.45) is 9.62. The molecule has 0 fully saturated rings. The molecular weight excluding hydrogens is 753 g/mol. The largest absolute Gasteiger partial charge is 0.478 e. The van der Waals surface area contributed by atoms with Gasteiger partial charge in [-0.1, -0.05) is 115 Å². The summed E-state index contributed by atoms with van der Waals surface area (Å²) in [4.78, 5) is 2.22. The third-order valence-corrected chi connectivity index (χ3v) is 14.6. The van der Waals surface area contributed by atoms with Gasteiger partial charge in [-0.2, -0.15) is 0 Å². The first-order valence-electron chi connectivity index (χ1n) is 18.7. The number of hydrogen-bond acceptors (Lipinski definition) is 8. The van der Waals surface area contributed by atoms with Gasteiger partial charge in [0.05, 0.1) is 22.6 Å². The molecule has 2 nitrogen and oxygen atoms in total.